The molecule has 1 amide bonds. The van der Waals surface area contributed by atoms with Gasteiger partial charge in [0.25, 0.3) is 0 Å². The monoisotopic (exact) mass is 311 g/mol. The Balaban J connectivity index is 2.55. The zero-order valence-corrected chi connectivity index (χ0v) is 12.5. The summed E-state index contributed by atoms with van der Waals surface area (Å²) in [5, 5.41) is 11.5. The molecule has 0 aromatic heterocycles. The molecule has 0 aliphatic heterocycles. The predicted octanol–water partition coefficient (Wildman–Crippen LogP) is 0.553. The van der Waals surface area contributed by atoms with Gasteiger partial charge in [-0.15, -0.1) is 0 Å². The van der Waals surface area contributed by atoms with Gasteiger partial charge in [0.2, 0.25) is 11.7 Å². The van der Waals surface area contributed by atoms with E-state index < -0.39 is 29.8 Å². The fourth-order valence-corrected chi connectivity index (χ4v) is 1.90. The lowest BCUT2D eigenvalue weighted by molar-refractivity contribution is -0.145. The third kappa shape index (κ3) is 6.60. The molecule has 2 N–H and O–H groups in total. The van der Waals surface area contributed by atoms with E-state index in [-0.39, 0.29) is 18.9 Å². The van der Waals surface area contributed by atoms with Crippen molar-refractivity contribution in [2.45, 2.75) is 63.7 Å². The molecule has 1 saturated carbocycles. The zero-order valence-electron chi connectivity index (χ0n) is 12.5. The first-order valence-corrected chi connectivity index (χ1v) is 7.36. The molecule has 8 heteroatoms. The Morgan fingerprint density at radius 1 is 1.41 bits per heavy atom. The lowest BCUT2D eigenvalue weighted by atomic mass is 10.1. The third-order valence-corrected chi connectivity index (χ3v) is 3.22. The number of rotatable bonds is 11. The second-order valence-electron chi connectivity index (χ2n) is 5.26. The zero-order chi connectivity index (χ0) is 16.5. The van der Waals surface area contributed by atoms with Crippen LogP contribution in [0, 0.1) is 0 Å². The number of ketones is 1. The van der Waals surface area contributed by atoms with Crippen molar-refractivity contribution in [3.8, 4) is 0 Å². The number of carbonyl (C=O) groups is 3. The first-order chi connectivity index (χ1) is 10.5. The summed E-state index contributed by atoms with van der Waals surface area (Å²) in [6.07, 6.45) is 3.03. The Bertz CT molecular complexity index is 469. The van der Waals surface area contributed by atoms with Gasteiger partial charge in [-0.2, -0.15) is 4.79 Å². The molecule has 1 aliphatic carbocycles. The molecular formula is C14H21N3O5. The topological polar surface area (TPSA) is 129 Å². The predicted molar refractivity (Wildman–Crippen MR) is 76.3 cm³/mol. The minimum Gasteiger partial charge on any atom is -0.480 e. The molecule has 8 nitrogen and oxygen atoms in total. The number of hydrogen-bond acceptors (Lipinski definition) is 4. The quantitative estimate of drug-likeness (QED) is 0.327. The van der Waals surface area contributed by atoms with Crippen molar-refractivity contribution >= 4 is 23.9 Å². The number of carboxylic acids is 1. The fourth-order valence-electron chi connectivity index (χ4n) is 1.90. The van der Waals surface area contributed by atoms with Crippen LogP contribution in [-0.4, -0.2) is 52.0 Å². The second kappa shape index (κ2) is 9.07. The average molecular weight is 311 g/mol. The van der Waals surface area contributed by atoms with Gasteiger partial charge in [0, 0.05) is 6.42 Å². The SMILES string of the molecule is CCC[C@H](OC1CC1)C(=O)N[C@@H](CCC(=O)C=[N+]=[N-])C(=O)O. The fraction of sp³-hybridized carbons (Fsp3) is 0.714. The molecule has 0 aromatic carbocycles. The molecule has 122 valence electrons. The summed E-state index contributed by atoms with van der Waals surface area (Å²) in [6.45, 7) is 1.91. The maximum Gasteiger partial charge on any atom is 0.326 e. The third-order valence-electron chi connectivity index (χ3n) is 3.22. The van der Waals surface area contributed by atoms with Crippen molar-refractivity contribution in [2.24, 2.45) is 0 Å². The van der Waals surface area contributed by atoms with Gasteiger partial charge >= 0.3 is 12.2 Å². The van der Waals surface area contributed by atoms with Crippen LogP contribution in [0.15, 0.2) is 0 Å². The highest BCUT2D eigenvalue weighted by atomic mass is 16.5. The van der Waals surface area contributed by atoms with Gasteiger partial charge in [-0.25, -0.2) is 4.79 Å². The van der Waals surface area contributed by atoms with Crippen LogP contribution in [0.4, 0.5) is 0 Å². The highest BCUT2D eigenvalue weighted by Gasteiger charge is 2.31. The maximum atomic E-state index is 12.1. The molecule has 0 spiro atoms. The molecule has 0 radical (unpaired) electrons. The maximum absolute atomic E-state index is 12.1. The smallest absolute Gasteiger partial charge is 0.326 e. The lowest BCUT2D eigenvalue weighted by Crippen LogP contribution is -2.46. The minimum absolute atomic E-state index is 0.0752. The molecule has 0 aromatic rings. The van der Waals surface area contributed by atoms with Gasteiger partial charge in [-0.3, -0.25) is 9.59 Å². The van der Waals surface area contributed by atoms with Crippen LogP contribution >= 0.6 is 0 Å². The van der Waals surface area contributed by atoms with Crippen molar-refractivity contribution in [3.05, 3.63) is 5.53 Å². The van der Waals surface area contributed by atoms with E-state index in [2.05, 4.69) is 10.1 Å². The second-order valence-corrected chi connectivity index (χ2v) is 5.26. The van der Waals surface area contributed by atoms with Crippen LogP contribution in [0.25, 0.3) is 5.53 Å². The van der Waals surface area contributed by atoms with Gasteiger partial charge in [0.05, 0.1) is 6.10 Å². The van der Waals surface area contributed by atoms with E-state index in [9.17, 15) is 14.4 Å². The van der Waals surface area contributed by atoms with Crippen molar-refractivity contribution in [1.82, 2.24) is 5.32 Å². The Morgan fingerprint density at radius 2 is 2.09 bits per heavy atom. The molecule has 22 heavy (non-hydrogen) atoms. The highest BCUT2D eigenvalue weighted by Crippen LogP contribution is 2.26. The molecule has 0 saturated heterocycles. The standard InChI is InChI=1S/C14H21N3O5/c1-2-3-12(22-10-5-6-10)13(19)17-11(14(20)21)7-4-9(18)8-16-15/h8,10-12H,2-7H2,1H3,(H,17,19)(H,20,21)/t11-,12-/m0/s1. The average Bonchev–Trinajstić information content (AvgIpc) is 3.26. The van der Waals surface area contributed by atoms with E-state index >= 15 is 0 Å². The number of carbonyl (C=O) groups excluding carboxylic acids is 2. The number of Topliss-reactive ketones (excluding diaryl/α,β-unsaturated/α-hetero) is 1. The molecule has 0 bridgehead atoms. The Labute approximate surface area is 128 Å². The number of aliphatic carboxylic acids is 1. The van der Waals surface area contributed by atoms with Crippen LogP contribution in [-0.2, 0) is 19.1 Å². The van der Waals surface area contributed by atoms with Crippen LogP contribution < -0.4 is 5.32 Å². The van der Waals surface area contributed by atoms with Gasteiger partial charge in [-0.1, -0.05) is 13.3 Å². The van der Waals surface area contributed by atoms with Gasteiger partial charge in [0.15, 0.2) is 0 Å². The first-order valence-electron chi connectivity index (χ1n) is 7.36. The van der Waals surface area contributed by atoms with E-state index in [0.717, 1.165) is 19.3 Å². The van der Waals surface area contributed by atoms with Gasteiger partial charge in [0.1, 0.15) is 12.1 Å². The molecular weight excluding hydrogens is 290 g/mol. The first kappa shape index (κ1) is 18.0. The summed E-state index contributed by atoms with van der Waals surface area (Å²) in [7, 11) is 0. The van der Waals surface area contributed by atoms with Crippen LogP contribution in [0.1, 0.15) is 45.4 Å². The summed E-state index contributed by atoms with van der Waals surface area (Å²) in [4.78, 5) is 37.1. The largest absolute Gasteiger partial charge is 0.480 e. The summed E-state index contributed by atoms with van der Waals surface area (Å²) < 4.78 is 5.58. The van der Waals surface area contributed by atoms with E-state index in [1.807, 2.05) is 6.92 Å². The van der Waals surface area contributed by atoms with E-state index in [1.165, 1.54) is 0 Å². The Hall–Kier alpha value is -2.05. The van der Waals surface area contributed by atoms with E-state index in [4.69, 9.17) is 15.4 Å². The van der Waals surface area contributed by atoms with Crippen LogP contribution in [0.2, 0.25) is 0 Å². The number of nitrogens with one attached hydrogen (secondary N) is 1. The van der Waals surface area contributed by atoms with Crippen molar-refractivity contribution in [2.75, 3.05) is 0 Å². The normalized spacial score (nSPS) is 16.2. The molecule has 0 heterocycles. The molecule has 1 rings (SSSR count). The van der Waals surface area contributed by atoms with E-state index in [0.29, 0.717) is 12.6 Å². The van der Waals surface area contributed by atoms with Gasteiger partial charge < -0.3 is 20.7 Å². The Morgan fingerprint density at radius 3 is 2.59 bits per heavy atom. The van der Waals surface area contributed by atoms with Crippen LogP contribution in [0.3, 0.4) is 0 Å². The van der Waals surface area contributed by atoms with E-state index in [1.54, 1.807) is 0 Å². The van der Waals surface area contributed by atoms with Crippen molar-refractivity contribution < 1.29 is 29.0 Å². The number of ether oxygens (including phenoxy) is 1. The molecule has 1 fully saturated rings. The summed E-state index contributed by atoms with van der Waals surface area (Å²) in [6, 6.07) is -1.18. The number of hydrogen-bond donors (Lipinski definition) is 2. The van der Waals surface area contributed by atoms with Gasteiger partial charge in [-0.05, 0) is 25.7 Å². The minimum atomic E-state index is -1.22. The summed E-state index contributed by atoms with van der Waals surface area (Å²) >= 11 is 0. The number of nitrogens with zero attached hydrogens (tertiary/aromatic N) is 2. The van der Waals surface area contributed by atoms with Crippen LogP contribution in [0.5, 0.6) is 0 Å². The number of carboxylic acid groups (broad SMARTS) is 1. The highest BCUT2D eigenvalue weighted by molar-refractivity contribution is 6.25. The molecule has 0 unspecified atom stereocenters. The lowest BCUT2D eigenvalue weighted by Gasteiger charge is -2.20. The van der Waals surface area contributed by atoms with Crippen molar-refractivity contribution in [3.63, 3.8) is 0 Å². The Kier molecular flexibility index (Phi) is 7.42. The summed E-state index contributed by atoms with van der Waals surface area (Å²) in [5.74, 6) is -2.20. The van der Waals surface area contributed by atoms with Crippen molar-refractivity contribution in [1.29, 1.82) is 0 Å². The molecule has 2 atom stereocenters. The summed E-state index contributed by atoms with van der Waals surface area (Å²) in [5.41, 5.74) is 8.22. The number of amides is 1. The molecule has 1 aliphatic rings.